The van der Waals surface area contributed by atoms with E-state index in [2.05, 4.69) is 5.32 Å². The van der Waals surface area contributed by atoms with Gasteiger partial charge in [0.05, 0.1) is 11.3 Å². The summed E-state index contributed by atoms with van der Waals surface area (Å²) in [4.78, 5) is 10.9. The van der Waals surface area contributed by atoms with E-state index in [1.165, 1.54) is 12.1 Å². The van der Waals surface area contributed by atoms with Crippen molar-refractivity contribution in [3.8, 4) is 0 Å². The number of benzene rings is 2. The zero-order chi connectivity index (χ0) is 14.7. The minimum Gasteiger partial charge on any atom is -0.478 e. The van der Waals surface area contributed by atoms with E-state index in [0.29, 0.717) is 0 Å². The van der Waals surface area contributed by atoms with Crippen molar-refractivity contribution < 1.29 is 18.7 Å². The topological polar surface area (TPSA) is 75.3 Å². The van der Waals surface area contributed by atoms with Gasteiger partial charge in [-0.1, -0.05) is 12.1 Å². The Morgan fingerprint density at radius 3 is 2.45 bits per heavy atom. The molecule has 0 aliphatic carbocycles. The van der Waals surface area contributed by atoms with Gasteiger partial charge in [0.1, 0.15) is 11.6 Å². The number of nitrogens with one attached hydrogen (secondary N) is 1. The van der Waals surface area contributed by atoms with E-state index in [1.807, 2.05) is 0 Å². The van der Waals surface area contributed by atoms with Gasteiger partial charge < -0.3 is 16.2 Å². The number of nitrogen functional groups attached to an aromatic ring is 1. The van der Waals surface area contributed by atoms with E-state index in [9.17, 15) is 13.6 Å². The molecular weight excluding hydrogens is 266 g/mol. The normalized spacial score (nSPS) is 10.3. The third-order valence-corrected chi connectivity index (χ3v) is 2.77. The molecule has 0 unspecified atom stereocenters. The van der Waals surface area contributed by atoms with Crippen molar-refractivity contribution in [1.82, 2.24) is 0 Å². The smallest absolute Gasteiger partial charge is 0.337 e. The lowest BCUT2D eigenvalue weighted by Crippen LogP contribution is -2.07. The van der Waals surface area contributed by atoms with Crippen molar-refractivity contribution in [2.75, 3.05) is 11.1 Å². The van der Waals surface area contributed by atoms with Crippen molar-refractivity contribution in [1.29, 1.82) is 0 Å². The van der Waals surface area contributed by atoms with Crippen LogP contribution in [0.1, 0.15) is 15.9 Å². The molecule has 0 spiro atoms. The molecule has 2 rings (SSSR count). The summed E-state index contributed by atoms with van der Waals surface area (Å²) in [6, 6.07) is 7.77. The van der Waals surface area contributed by atoms with Gasteiger partial charge in [-0.05, 0) is 29.8 Å². The van der Waals surface area contributed by atoms with Crippen LogP contribution in [-0.4, -0.2) is 11.1 Å². The maximum Gasteiger partial charge on any atom is 0.337 e. The number of carboxylic acids is 1. The van der Waals surface area contributed by atoms with Crippen LogP contribution < -0.4 is 11.1 Å². The zero-order valence-electron chi connectivity index (χ0n) is 10.4. The maximum absolute atomic E-state index is 13.7. The fourth-order valence-electron chi connectivity index (χ4n) is 1.71. The Kier molecular flexibility index (Phi) is 3.84. The highest BCUT2D eigenvalue weighted by Crippen LogP contribution is 2.22. The van der Waals surface area contributed by atoms with Gasteiger partial charge in [-0.2, -0.15) is 0 Å². The first-order valence-corrected chi connectivity index (χ1v) is 5.78. The molecule has 0 aliphatic rings. The highest BCUT2D eigenvalue weighted by Gasteiger charge is 2.13. The lowest BCUT2D eigenvalue weighted by Gasteiger charge is -2.10. The van der Waals surface area contributed by atoms with E-state index < -0.39 is 11.8 Å². The first kappa shape index (κ1) is 13.8. The molecular formula is C14H12F2N2O2. The molecule has 0 saturated heterocycles. The number of carbonyl (C=O) groups is 1. The molecule has 4 N–H and O–H groups in total. The predicted octanol–water partition coefficient (Wildman–Crippen LogP) is 2.86. The van der Waals surface area contributed by atoms with Gasteiger partial charge in [0.15, 0.2) is 0 Å². The summed E-state index contributed by atoms with van der Waals surface area (Å²) in [7, 11) is 0. The summed E-state index contributed by atoms with van der Waals surface area (Å²) in [5.41, 5.74) is 5.88. The summed E-state index contributed by atoms with van der Waals surface area (Å²) in [5.74, 6) is -2.23. The van der Waals surface area contributed by atoms with Gasteiger partial charge in [-0.3, -0.25) is 0 Å². The van der Waals surface area contributed by atoms with Gasteiger partial charge in [0.25, 0.3) is 0 Å². The Hall–Kier alpha value is -2.63. The maximum atomic E-state index is 13.7. The lowest BCUT2D eigenvalue weighted by atomic mass is 10.1. The molecule has 2 aromatic carbocycles. The van der Waals surface area contributed by atoms with E-state index in [1.54, 1.807) is 12.1 Å². The fraction of sp³-hybridized carbons (Fsp3) is 0.0714. The standard InChI is InChI=1S/C14H12F2N2O2/c15-9-3-1-8(2-4-9)7-18-13-5-10(14(19)20)12(17)6-11(13)16/h1-6,18H,7,17H2,(H,19,20). The average Bonchev–Trinajstić information content (AvgIpc) is 2.39. The van der Waals surface area contributed by atoms with Crippen LogP contribution in [0.5, 0.6) is 0 Å². The molecule has 0 bridgehead atoms. The molecule has 0 aliphatic heterocycles. The molecule has 20 heavy (non-hydrogen) atoms. The number of nitrogens with two attached hydrogens (primary N) is 1. The van der Waals surface area contributed by atoms with Crippen LogP contribution in [-0.2, 0) is 6.54 Å². The zero-order valence-corrected chi connectivity index (χ0v) is 10.4. The second kappa shape index (κ2) is 5.56. The molecule has 0 heterocycles. The first-order chi connectivity index (χ1) is 9.47. The van der Waals surface area contributed by atoms with Crippen molar-refractivity contribution in [2.24, 2.45) is 0 Å². The minimum atomic E-state index is -1.23. The van der Waals surface area contributed by atoms with Crippen LogP contribution in [0.15, 0.2) is 36.4 Å². The average molecular weight is 278 g/mol. The van der Waals surface area contributed by atoms with E-state index in [0.717, 1.165) is 17.7 Å². The number of anilines is 2. The van der Waals surface area contributed by atoms with Gasteiger partial charge in [-0.15, -0.1) is 0 Å². The van der Waals surface area contributed by atoms with Crippen molar-refractivity contribution in [3.63, 3.8) is 0 Å². The number of hydrogen-bond acceptors (Lipinski definition) is 3. The largest absolute Gasteiger partial charge is 0.478 e. The molecule has 0 aromatic heterocycles. The Morgan fingerprint density at radius 2 is 1.85 bits per heavy atom. The Labute approximate surface area is 113 Å². The Morgan fingerprint density at radius 1 is 1.20 bits per heavy atom. The van der Waals surface area contributed by atoms with Crippen molar-refractivity contribution in [3.05, 3.63) is 59.2 Å². The van der Waals surface area contributed by atoms with Crippen molar-refractivity contribution >= 4 is 17.3 Å². The van der Waals surface area contributed by atoms with Crippen LogP contribution >= 0.6 is 0 Å². The minimum absolute atomic E-state index is 0.0286. The van der Waals surface area contributed by atoms with Crippen LogP contribution in [0.2, 0.25) is 0 Å². The number of halogens is 2. The number of rotatable bonds is 4. The molecule has 0 fully saturated rings. The highest BCUT2D eigenvalue weighted by atomic mass is 19.1. The lowest BCUT2D eigenvalue weighted by molar-refractivity contribution is 0.0698. The number of hydrogen-bond donors (Lipinski definition) is 3. The van der Waals surface area contributed by atoms with Gasteiger partial charge in [-0.25, -0.2) is 13.6 Å². The molecule has 0 atom stereocenters. The Bertz CT molecular complexity index is 642. The summed E-state index contributed by atoms with van der Waals surface area (Å²) in [6.07, 6.45) is 0. The van der Waals surface area contributed by atoms with Crippen molar-refractivity contribution in [2.45, 2.75) is 6.54 Å². The number of aromatic carboxylic acids is 1. The van der Waals surface area contributed by atoms with E-state index >= 15 is 0 Å². The Balaban J connectivity index is 2.18. The first-order valence-electron chi connectivity index (χ1n) is 5.78. The van der Waals surface area contributed by atoms with Crippen LogP contribution in [0.25, 0.3) is 0 Å². The molecule has 6 heteroatoms. The third kappa shape index (κ3) is 3.03. The second-order valence-corrected chi connectivity index (χ2v) is 4.20. The van der Waals surface area contributed by atoms with Gasteiger partial charge in [0.2, 0.25) is 0 Å². The highest BCUT2D eigenvalue weighted by molar-refractivity contribution is 5.94. The SMILES string of the molecule is Nc1cc(F)c(NCc2ccc(F)cc2)cc1C(=O)O. The summed E-state index contributed by atoms with van der Waals surface area (Å²) < 4.78 is 26.4. The number of carboxylic acid groups (broad SMARTS) is 1. The van der Waals surface area contributed by atoms with Gasteiger partial charge in [0, 0.05) is 12.2 Å². The summed E-state index contributed by atoms with van der Waals surface area (Å²) in [5, 5.41) is 11.7. The molecule has 2 aromatic rings. The van der Waals surface area contributed by atoms with E-state index in [4.69, 9.17) is 10.8 Å². The fourth-order valence-corrected chi connectivity index (χ4v) is 1.71. The third-order valence-electron chi connectivity index (χ3n) is 2.77. The van der Waals surface area contributed by atoms with Gasteiger partial charge >= 0.3 is 5.97 Å². The molecule has 0 radical (unpaired) electrons. The monoisotopic (exact) mass is 278 g/mol. The van der Waals surface area contributed by atoms with Crippen LogP contribution in [0.4, 0.5) is 20.2 Å². The quantitative estimate of drug-likeness (QED) is 0.752. The molecule has 0 amide bonds. The van der Waals surface area contributed by atoms with E-state index in [-0.39, 0.29) is 29.3 Å². The van der Waals surface area contributed by atoms with Crippen LogP contribution in [0, 0.1) is 11.6 Å². The van der Waals surface area contributed by atoms with Crippen LogP contribution in [0.3, 0.4) is 0 Å². The summed E-state index contributed by atoms with van der Waals surface area (Å²) >= 11 is 0. The second-order valence-electron chi connectivity index (χ2n) is 4.20. The summed E-state index contributed by atoms with van der Waals surface area (Å²) in [6.45, 7) is 0.236. The predicted molar refractivity (Wildman–Crippen MR) is 71.5 cm³/mol. The molecule has 0 saturated carbocycles. The molecule has 104 valence electrons. The molecule has 4 nitrogen and oxygen atoms in total.